The first-order valence-corrected chi connectivity index (χ1v) is 13.0. The molecule has 2 fully saturated rings. The van der Waals surface area contributed by atoms with Gasteiger partial charge in [0.2, 0.25) is 0 Å². The van der Waals surface area contributed by atoms with Crippen LogP contribution >= 0.6 is 0 Å². The zero-order valence-corrected chi connectivity index (χ0v) is 19.7. The highest BCUT2D eigenvalue weighted by atomic mass is 19.1. The molecular weight excluding hydrogens is 379 g/mol. The predicted octanol–water partition coefficient (Wildman–Crippen LogP) is 9.37. The number of hydrogen-bond donors (Lipinski definition) is 0. The molecule has 0 nitrogen and oxygen atoms in total. The Bertz CT molecular complexity index is 863. The van der Waals surface area contributed by atoms with Crippen LogP contribution in [0.4, 0.5) is 4.39 Å². The predicted molar refractivity (Wildman–Crippen MR) is 132 cm³/mol. The summed E-state index contributed by atoms with van der Waals surface area (Å²) in [6, 6.07) is 10.6. The number of benzene rings is 2. The Morgan fingerprint density at radius 3 is 2.29 bits per heavy atom. The molecule has 2 aliphatic rings. The largest absolute Gasteiger partial charge is 0.206 e. The number of aryl methyl sites for hydroxylation is 1. The Morgan fingerprint density at radius 1 is 0.903 bits per heavy atom. The van der Waals surface area contributed by atoms with Crippen LogP contribution in [-0.2, 0) is 6.42 Å². The van der Waals surface area contributed by atoms with E-state index in [9.17, 15) is 0 Å². The van der Waals surface area contributed by atoms with Gasteiger partial charge in [0.15, 0.2) is 0 Å². The van der Waals surface area contributed by atoms with Gasteiger partial charge in [0.05, 0.1) is 0 Å². The lowest BCUT2D eigenvalue weighted by Crippen LogP contribution is -2.25. The van der Waals surface area contributed by atoms with Crippen molar-refractivity contribution in [3.63, 3.8) is 0 Å². The Labute approximate surface area is 189 Å². The van der Waals surface area contributed by atoms with Gasteiger partial charge >= 0.3 is 0 Å². The molecule has 4 rings (SSSR count). The highest BCUT2D eigenvalue weighted by Crippen LogP contribution is 2.45. The van der Waals surface area contributed by atoms with E-state index in [2.05, 4.69) is 50.3 Å². The van der Waals surface area contributed by atoms with E-state index >= 15 is 4.39 Å². The van der Waals surface area contributed by atoms with Crippen LogP contribution in [-0.4, -0.2) is 0 Å². The van der Waals surface area contributed by atoms with E-state index in [0.29, 0.717) is 5.92 Å². The third-order valence-electron chi connectivity index (χ3n) is 8.35. The zero-order chi connectivity index (χ0) is 21.6. The van der Waals surface area contributed by atoms with Gasteiger partial charge in [0, 0.05) is 5.39 Å². The van der Waals surface area contributed by atoms with Crippen molar-refractivity contribution in [2.24, 2.45) is 17.8 Å². The summed E-state index contributed by atoms with van der Waals surface area (Å²) in [5.41, 5.74) is 2.27. The molecule has 0 saturated heterocycles. The summed E-state index contributed by atoms with van der Waals surface area (Å²) in [6.45, 7) is 4.38. The SMILES string of the molecule is C/C=C/CCc1ccc2c(F)c(C3CCC(C4CCC(CCC)CC4)CC3)ccc2c1. The highest BCUT2D eigenvalue weighted by Gasteiger charge is 2.32. The summed E-state index contributed by atoms with van der Waals surface area (Å²) >= 11 is 0. The molecule has 0 bridgehead atoms. The van der Waals surface area contributed by atoms with Crippen LogP contribution in [0.25, 0.3) is 10.8 Å². The third kappa shape index (κ3) is 5.41. The van der Waals surface area contributed by atoms with Crippen LogP contribution in [0, 0.1) is 23.6 Å². The van der Waals surface area contributed by atoms with Crippen LogP contribution in [0.5, 0.6) is 0 Å². The third-order valence-corrected chi connectivity index (χ3v) is 8.35. The fourth-order valence-electron chi connectivity index (χ4n) is 6.50. The number of allylic oxidation sites excluding steroid dienone is 2. The number of halogens is 1. The summed E-state index contributed by atoms with van der Waals surface area (Å²) in [4.78, 5) is 0. The normalized spacial score (nSPS) is 27.2. The summed E-state index contributed by atoms with van der Waals surface area (Å²) in [6.07, 6.45) is 19.9. The summed E-state index contributed by atoms with van der Waals surface area (Å²) in [5, 5.41) is 1.86. The van der Waals surface area contributed by atoms with Crippen molar-refractivity contribution in [1.29, 1.82) is 0 Å². The van der Waals surface area contributed by atoms with Crippen molar-refractivity contribution in [3.05, 3.63) is 59.4 Å². The first-order chi connectivity index (χ1) is 15.2. The van der Waals surface area contributed by atoms with Crippen molar-refractivity contribution in [3.8, 4) is 0 Å². The second kappa shape index (κ2) is 10.8. The zero-order valence-electron chi connectivity index (χ0n) is 19.7. The molecule has 0 aliphatic heterocycles. The first kappa shape index (κ1) is 22.6. The average molecular weight is 421 g/mol. The van der Waals surface area contributed by atoms with E-state index in [4.69, 9.17) is 0 Å². The molecule has 2 saturated carbocycles. The summed E-state index contributed by atoms with van der Waals surface area (Å²) in [7, 11) is 0. The molecule has 168 valence electrons. The molecule has 0 amide bonds. The molecule has 2 aliphatic carbocycles. The lowest BCUT2D eigenvalue weighted by molar-refractivity contribution is 0.156. The summed E-state index contributed by atoms with van der Waals surface area (Å²) in [5.74, 6) is 3.28. The van der Waals surface area contributed by atoms with E-state index in [1.165, 1.54) is 69.8 Å². The van der Waals surface area contributed by atoms with Crippen LogP contribution in [0.1, 0.15) is 102 Å². The molecule has 0 atom stereocenters. The lowest BCUT2D eigenvalue weighted by Gasteiger charge is -2.38. The molecule has 2 aromatic carbocycles. The highest BCUT2D eigenvalue weighted by molar-refractivity contribution is 5.84. The van der Waals surface area contributed by atoms with Gasteiger partial charge in [-0.2, -0.15) is 0 Å². The van der Waals surface area contributed by atoms with Gasteiger partial charge in [-0.1, -0.05) is 75.1 Å². The van der Waals surface area contributed by atoms with Gasteiger partial charge in [0.1, 0.15) is 5.82 Å². The minimum atomic E-state index is 0.0426. The van der Waals surface area contributed by atoms with Crippen LogP contribution in [0.2, 0.25) is 0 Å². The molecule has 2 aromatic rings. The molecule has 0 radical (unpaired) electrons. The maximum Gasteiger partial charge on any atom is 0.134 e. The fourth-order valence-corrected chi connectivity index (χ4v) is 6.50. The van der Waals surface area contributed by atoms with Gasteiger partial charge in [-0.15, -0.1) is 0 Å². The molecule has 0 spiro atoms. The molecule has 1 heteroatoms. The second-order valence-electron chi connectivity index (χ2n) is 10.3. The fraction of sp³-hybridized carbons (Fsp3) is 0.600. The van der Waals surface area contributed by atoms with E-state index in [1.807, 2.05) is 6.07 Å². The van der Waals surface area contributed by atoms with E-state index < -0.39 is 0 Å². The smallest absolute Gasteiger partial charge is 0.134 e. The van der Waals surface area contributed by atoms with Crippen molar-refractivity contribution in [2.75, 3.05) is 0 Å². The van der Waals surface area contributed by atoms with Crippen molar-refractivity contribution < 1.29 is 4.39 Å². The van der Waals surface area contributed by atoms with Gasteiger partial charge in [-0.05, 0) is 98.5 Å². The van der Waals surface area contributed by atoms with Gasteiger partial charge in [0.25, 0.3) is 0 Å². The minimum Gasteiger partial charge on any atom is -0.206 e. The Morgan fingerprint density at radius 2 is 1.61 bits per heavy atom. The number of rotatable bonds is 7. The standard InChI is InChI=1S/C30H41F/c1-3-5-6-8-23-11-19-29-27(21-23)18-20-28(30(29)31)26-16-14-25(15-17-26)24-12-9-22(7-4-2)10-13-24/h3,5,11,18-22,24-26H,4,6-10,12-17H2,1-2H3/b5-3+. The van der Waals surface area contributed by atoms with E-state index in [0.717, 1.165) is 46.9 Å². The van der Waals surface area contributed by atoms with Crippen molar-refractivity contribution >= 4 is 10.8 Å². The monoisotopic (exact) mass is 420 g/mol. The van der Waals surface area contributed by atoms with Gasteiger partial charge in [-0.25, -0.2) is 4.39 Å². The van der Waals surface area contributed by atoms with E-state index in [-0.39, 0.29) is 5.82 Å². The molecule has 0 unspecified atom stereocenters. The molecule has 0 heterocycles. The quantitative estimate of drug-likeness (QED) is 0.391. The Hall–Kier alpha value is -1.63. The van der Waals surface area contributed by atoms with E-state index in [1.54, 1.807) is 0 Å². The summed E-state index contributed by atoms with van der Waals surface area (Å²) < 4.78 is 15.4. The molecule has 0 N–H and O–H groups in total. The van der Waals surface area contributed by atoms with Crippen LogP contribution in [0.3, 0.4) is 0 Å². The number of fused-ring (bicyclic) bond motifs is 1. The molecule has 0 aromatic heterocycles. The second-order valence-corrected chi connectivity index (χ2v) is 10.3. The van der Waals surface area contributed by atoms with Crippen molar-refractivity contribution in [1.82, 2.24) is 0 Å². The van der Waals surface area contributed by atoms with Crippen LogP contribution < -0.4 is 0 Å². The minimum absolute atomic E-state index is 0.0426. The van der Waals surface area contributed by atoms with Crippen molar-refractivity contribution in [2.45, 2.75) is 96.8 Å². The number of hydrogen-bond acceptors (Lipinski definition) is 0. The average Bonchev–Trinajstić information content (AvgIpc) is 2.80. The molecule has 31 heavy (non-hydrogen) atoms. The Kier molecular flexibility index (Phi) is 7.86. The van der Waals surface area contributed by atoms with Gasteiger partial charge < -0.3 is 0 Å². The Balaban J connectivity index is 1.37. The molecular formula is C30H41F. The lowest BCUT2D eigenvalue weighted by atomic mass is 9.68. The first-order valence-electron chi connectivity index (χ1n) is 13.0. The maximum absolute atomic E-state index is 15.4. The maximum atomic E-state index is 15.4. The van der Waals surface area contributed by atoms with Gasteiger partial charge in [-0.3, -0.25) is 0 Å². The van der Waals surface area contributed by atoms with Crippen LogP contribution in [0.15, 0.2) is 42.5 Å². The topological polar surface area (TPSA) is 0 Å².